The molecule has 0 heterocycles. The quantitative estimate of drug-likeness (QED) is 0.359. The van der Waals surface area contributed by atoms with E-state index in [2.05, 4.69) is 0 Å². The van der Waals surface area contributed by atoms with E-state index in [-0.39, 0.29) is 24.4 Å². The Morgan fingerprint density at radius 3 is 2.81 bits per heavy atom. The summed E-state index contributed by atoms with van der Waals surface area (Å²) in [6, 6.07) is 4.35. The van der Waals surface area contributed by atoms with Crippen molar-refractivity contribution >= 4 is 17.3 Å². The van der Waals surface area contributed by atoms with E-state index in [1.807, 2.05) is 0 Å². The van der Waals surface area contributed by atoms with Crippen LogP contribution in [0, 0.1) is 10.1 Å². The van der Waals surface area contributed by atoms with Gasteiger partial charge in [0, 0.05) is 6.07 Å². The van der Waals surface area contributed by atoms with Crippen LogP contribution >= 0.6 is 0 Å². The molecule has 0 unspecified atom stereocenters. The lowest BCUT2D eigenvalue weighted by molar-refractivity contribution is -0.383. The molecule has 0 aliphatic carbocycles. The Hall–Kier alpha value is -2.11. The lowest BCUT2D eigenvalue weighted by Crippen LogP contribution is -2.10. The van der Waals surface area contributed by atoms with Gasteiger partial charge in [-0.15, -0.1) is 0 Å². The molecule has 6 nitrogen and oxygen atoms in total. The van der Waals surface area contributed by atoms with Crippen LogP contribution in [0.1, 0.15) is 12.5 Å². The van der Waals surface area contributed by atoms with Gasteiger partial charge in [0.1, 0.15) is 5.69 Å². The molecule has 1 rings (SSSR count). The normalized spacial score (nSPS) is 9.81. The molecule has 0 aliphatic rings. The minimum absolute atomic E-state index is 0.0144. The van der Waals surface area contributed by atoms with E-state index in [0.717, 1.165) is 0 Å². The number of carbonyl (C=O) groups is 1. The van der Waals surface area contributed by atoms with E-state index >= 15 is 0 Å². The minimum atomic E-state index is -0.579. The van der Waals surface area contributed by atoms with Gasteiger partial charge in [0.15, 0.2) is 0 Å². The second-order valence-electron chi connectivity index (χ2n) is 3.09. The number of esters is 1. The Kier molecular flexibility index (Phi) is 3.82. The predicted octanol–water partition coefficient (Wildman–Crippen LogP) is 1.28. The smallest absolute Gasteiger partial charge is 0.310 e. The van der Waals surface area contributed by atoms with E-state index in [4.69, 9.17) is 10.5 Å². The highest BCUT2D eigenvalue weighted by Crippen LogP contribution is 2.25. The molecular formula is C10H12N2O4. The number of para-hydroxylation sites is 1. The molecule has 86 valence electrons. The summed E-state index contributed by atoms with van der Waals surface area (Å²) in [5.74, 6) is -0.449. The number of benzene rings is 1. The highest BCUT2D eigenvalue weighted by molar-refractivity contribution is 5.77. The number of nitro benzene ring substituents is 1. The molecule has 1 aromatic rings. The van der Waals surface area contributed by atoms with Gasteiger partial charge in [0.05, 0.1) is 18.0 Å². The largest absolute Gasteiger partial charge is 0.466 e. The summed E-state index contributed by atoms with van der Waals surface area (Å²) >= 11 is 0. The van der Waals surface area contributed by atoms with Gasteiger partial charge < -0.3 is 10.5 Å². The molecule has 0 amide bonds. The third kappa shape index (κ3) is 2.69. The SMILES string of the molecule is CCOC(=O)Cc1cccc([N+](=O)[O-])c1N. The first-order valence-corrected chi connectivity index (χ1v) is 4.73. The maximum absolute atomic E-state index is 11.2. The van der Waals surface area contributed by atoms with Crippen molar-refractivity contribution in [2.75, 3.05) is 12.3 Å². The molecule has 16 heavy (non-hydrogen) atoms. The van der Waals surface area contributed by atoms with E-state index in [0.29, 0.717) is 5.56 Å². The van der Waals surface area contributed by atoms with Crippen LogP contribution in [0.25, 0.3) is 0 Å². The van der Waals surface area contributed by atoms with Crippen LogP contribution in [0.2, 0.25) is 0 Å². The number of nitrogen functional groups attached to an aromatic ring is 1. The second-order valence-corrected chi connectivity index (χ2v) is 3.09. The van der Waals surface area contributed by atoms with Gasteiger partial charge >= 0.3 is 5.97 Å². The number of anilines is 1. The van der Waals surface area contributed by atoms with Crippen molar-refractivity contribution in [2.45, 2.75) is 13.3 Å². The standard InChI is InChI=1S/C10H12N2O4/c1-2-16-9(13)6-7-4-3-5-8(10(7)11)12(14)15/h3-5H,2,6,11H2,1H3. The summed E-state index contributed by atoms with van der Waals surface area (Å²) in [4.78, 5) is 21.2. The van der Waals surface area contributed by atoms with Crippen LogP contribution in [0.5, 0.6) is 0 Å². The fraction of sp³-hybridized carbons (Fsp3) is 0.300. The fourth-order valence-corrected chi connectivity index (χ4v) is 1.28. The zero-order chi connectivity index (χ0) is 12.1. The average molecular weight is 224 g/mol. The van der Waals surface area contributed by atoms with Crippen LogP contribution in [-0.2, 0) is 16.0 Å². The van der Waals surface area contributed by atoms with E-state index < -0.39 is 10.9 Å². The van der Waals surface area contributed by atoms with Crippen molar-refractivity contribution in [3.63, 3.8) is 0 Å². The zero-order valence-corrected chi connectivity index (χ0v) is 8.80. The number of carbonyl (C=O) groups excluding carboxylic acids is 1. The lowest BCUT2D eigenvalue weighted by Gasteiger charge is -2.05. The number of hydrogen-bond donors (Lipinski definition) is 1. The number of nitrogens with two attached hydrogens (primary N) is 1. The van der Waals surface area contributed by atoms with E-state index in [1.54, 1.807) is 13.0 Å². The molecule has 1 aromatic carbocycles. The second kappa shape index (κ2) is 5.11. The average Bonchev–Trinajstić information content (AvgIpc) is 2.21. The summed E-state index contributed by atoms with van der Waals surface area (Å²) in [5.41, 5.74) is 5.81. The van der Waals surface area contributed by atoms with Gasteiger partial charge in [-0.25, -0.2) is 0 Å². The Morgan fingerprint density at radius 2 is 2.25 bits per heavy atom. The number of rotatable bonds is 4. The number of nitrogens with zero attached hydrogens (tertiary/aromatic N) is 1. The Bertz CT molecular complexity index is 417. The molecule has 6 heteroatoms. The van der Waals surface area contributed by atoms with Crippen LogP contribution in [0.15, 0.2) is 18.2 Å². The fourth-order valence-electron chi connectivity index (χ4n) is 1.28. The van der Waals surface area contributed by atoms with Crippen molar-refractivity contribution in [3.05, 3.63) is 33.9 Å². The Morgan fingerprint density at radius 1 is 1.56 bits per heavy atom. The first kappa shape index (κ1) is 12.0. The van der Waals surface area contributed by atoms with Gasteiger partial charge in [0.2, 0.25) is 0 Å². The molecule has 0 aliphatic heterocycles. The molecule has 0 fully saturated rings. The van der Waals surface area contributed by atoms with E-state index in [1.165, 1.54) is 12.1 Å². The zero-order valence-electron chi connectivity index (χ0n) is 8.80. The number of hydrogen-bond acceptors (Lipinski definition) is 5. The lowest BCUT2D eigenvalue weighted by atomic mass is 10.1. The number of nitro groups is 1. The topological polar surface area (TPSA) is 95.5 Å². The molecular weight excluding hydrogens is 212 g/mol. The van der Waals surface area contributed by atoms with Gasteiger partial charge in [-0.3, -0.25) is 14.9 Å². The summed E-state index contributed by atoms with van der Waals surface area (Å²) < 4.78 is 4.74. The van der Waals surface area contributed by atoms with Crippen molar-refractivity contribution < 1.29 is 14.5 Å². The molecule has 0 atom stereocenters. The van der Waals surface area contributed by atoms with Crippen molar-refractivity contribution in [3.8, 4) is 0 Å². The third-order valence-corrected chi connectivity index (χ3v) is 2.01. The van der Waals surface area contributed by atoms with Gasteiger partial charge in [-0.2, -0.15) is 0 Å². The highest BCUT2D eigenvalue weighted by Gasteiger charge is 2.16. The summed E-state index contributed by atoms with van der Waals surface area (Å²) in [5, 5.41) is 10.6. The highest BCUT2D eigenvalue weighted by atomic mass is 16.6. The van der Waals surface area contributed by atoms with Crippen molar-refractivity contribution in [1.82, 2.24) is 0 Å². The third-order valence-electron chi connectivity index (χ3n) is 2.01. The van der Waals surface area contributed by atoms with E-state index in [9.17, 15) is 14.9 Å². The van der Waals surface area contributed by atoms with Gasteiger partial charge in [0.25, 0.3) is 5.69 Å². The van der Waals surface area contributed by atoms with Gasteiger partial charge in [-0.05, 0) is 12.5 Å². The predicted molar refractivity (Wildman–Crippen MR) is 57.8 cm³/mol. The Labute approximate surface area is 92.2 Å². The van der Waals surface area contributed by atoms with Crippen molar-refractivity contribution in [2.24, 2.45) is 0 Å². The molecule has 0 bridgehead atoms. The summed E-state index contributed by atoms with van der Waals surface area (Å²) in [7, 11) is 0. The maximum atomic E-state index is 11.2. The van der Waals surface area contributed by atoms with Crippen molar-refractivity contribution in [1.29, 1.82) is 0 Å². The molecule has 0 radical (unpaired) electrons. The van der Waals surface area contributed by atoms with Crippen LogP contribution < -0.4 is 5.73 Å². The minimum Gasteiger partial charge on any atom is -0.466 e. The summed E-state index contributed by atoms with van der Waals surface area (Å²) in [6.07, 6.45) is -0.0542. The maximum Gasteiger partial charge on any atom is 0.310 e. The first-order valence-electron chi connectivity index (χ1n) is 4.73. The van der Waals surface area contributed by atoms with Crippen LogP contribution in [0.3, 0.4) is 0 Å². The summed E-state index contributed by atoms with van der Waals surface area (Å²) in [6.45, 7) is 1.96. The molecule has 0 saturated carbocycles. The molecule has 0 spiro atoms. The molecule has 2 N–H and O–H groups in total. The molecule has 0 saturated heterocycles. The molecule has 0 aromatic heterocycles. The Balaban J connectivity index is 2.93. The number of ether oxygens (including phenoxy) is 1. The van der Waals surface area contributed by atoms with Crippen LogP contribution in [0.4, 0.5) is 11.4 Å². The monoisotopic (exact) mass is 224 g/mol. The van der Waals surface area contributed by atoms with Gasteiger partial charge in [-0.1, -0.05) is 12.1 Å². The van der Waals surface area contributed by atoms with Crippen LogP contribution in [-0.4, -0.2) is 17.5 Å². The first-order chi connectivity index (χ1) is 7.56.